The molecule has 0 unspecified atom stereocenters. The zero-order valence-electron chi connectivity index (χ0n) is 27.9. The van der Waals surface area contributed by atoms with Crippen LogP contribution in [0.2, 0.25) is 0 Å². The number of carbonyl (C=O) groups is 2. The van der Waals surface area contributed by atoms with Crippen molar-refractivity contribution in [2.75, 3.05) is 13.2 Å². The number of aromatic nitrogens is 1. The van der Waals surface area contributed by atoms with Gasteiger partial charge < -0.3 is 29.1 Å². The average molecular weight is 648 g/mol. The Labute approximate surface area is 267 Å². The van der Waals surface area contributed by atoms with Crippen LogP contribution in [0.15, 0.2) is 24.3 Å². The van der Waals surface area contributed by atoms with Gasteiger partial charge in [0.2, 0.25) is 0 Å². The van der Waals surface area contributed by atoms with Crippen LogP contribution < -0.4 is 4.74 Å². The molecular formula is C34H50NO9P. The van der Waals surface area contributed by atoms with Crippen LogP contribution in [0.1, 0.15) is 114 Å². The largest absolute Gasteiger partial charge is 0.506 e. The van der Waals surface area contributed by atoms with Crippen molar-refractivity contribution >= 4 is 19.5 Å². The van der Waals surface area contributed by atoms with Gasteiger partial charge in [-0.2, -0.15) is 0 Å². The van der Waals surface area contributed by atoms with Crippen LogP contribution in [0, 0.1) is 24.7 Å². The number of rotatable bonds is 10. The quantitative estimate of drug-likeness (QED) is 0.142. The minimum absolute atomic E-state index is 0.119. The molecule has 1 saturated carbocycles. The second-order valence-corrected chi connectivity index (χ2v) is 16.3. The number of nitrogens with zero attached hydrogens (tertiary/aromatic N) is 1. The number of aryl methyl sites for hydroxylation is 2. The van der Waals surface area contributed by atoms with Crippen LogP contribution in [0.3, 0.4) is 0 Å². The van der Waals surface area contributed by atoms with E-state index in [1.807, 2.05) is 19.9 Å². The summed E-state index contributed by atoms with van der Waals surface area (Å²) in [6, 6.07) is 6.81. The van der Waals surface area contributed by atoms with Gasteiger partial charge in [0.05, 0.1) is 16.5 Å². The molecule has 1 aromatic heterocycles. The molecule has 1 aromatic carbocycles. The summed E-state index contributed by atoms with van der Waals surface area (Å²) in [5.74, 6) is -0.827. The van der Waals surface area contributed by atoms with E-state index in [1.165, 1.54) is 12.8 Å². The van der Waals surface area contributed by atoms with Gasteiger partial charge in [-0.05, 0) is 109 Å². The van der Waals surface area contributed by atoms with Gasteiger partial charge in [0.25, 0.3) is 5.34 Å². The molecule has 0 bridgehead atoms. The average Bonchev–Trinajstić information content (AvgIpc) is 3.20. The summed E-state index contributed by atoms with van der Waals surface area (Å²) >= 11 is 0. The zero-order valence-corrected chi connectivity index (χ0v) is 28.8. The predicted octanol–water partition coefficient (Wildman–Crippen LogP) is 6.86. The third-order valence-corrected chi connectivity index (χ3v) is 9.56. The van der Waals surface area contributed by atoms with E-state index < -0.39 is 48.9 Å². The van der Waals surface area contributed by atoms with Crippen molar-refractivity contribution in [3.63, 3.8) is 0 Å². The highest BCUT2D eigenvalue weighted by atomic mass is 31.2. The molecular weight excluding hydrogens is 597 g/mol. The molecule has 1 aliphatic carbocycles. The third kappa shape index (κ3) is 9.53. The van der Waals surface area contributed by atoms with E-state index in [9.17, 15) is 29.0 Å². The fourth-order valence-corrected chi connectivity index (χ4v) is 5.96. The van der Waals surface area contributed by atoms with Gasteiger partial charge in [0.1, 0.15) is 24.7 Å². The van der Waals surface area contributed by atoms with Gasteiger partial charge in [-0.15, -0.1) is 0 Å². The molecule has 1 heterocycles. The highest BCUT2D eigenvalue weighted by molar-refractivity contribution is 7.53. The van der Waals surface area contributed by atoms with Gasteiger partial charge in [-0.1, -0.05) is 25.7 Å². The minimum Gasteiger partial charge on any atom is -0.506 e. The van der Waals surface area contributed by atoms with Crippen molar-refractivity contribution in [2.45, 2.75) is 112 Å². The lowest BCUT2D eigenvalue weighted by molar-refractivity contribution is -0.164. The fourth-order valence-electron chi connectivity index (χ4n) is 5.27. The molecule has 1 aliphatic rings. The fraction of sp³-hybridized carbons (Fsp3) is 0.618. The van der Waals surface area contributed by atoms with Crippen molar-refractivity contribution in [2.24, 2.45) is 10.8 Å². The first kappa shape index (κ1) is 36.5. The van der Waals surface area contributed by atoms with E-state index in [1.54, 1.807) is 59.7 Å². The summed E-state index contributed by atoms with van der Waals surface area (Å²) < 4.78 is 29.8. The lowest BCUT2D eigenvalue weighted by Crippen LogP contribution is -2.48. The molecule has 0 saturated heterocycles. The Morgan fingerprint density at radius 2 is 1.36 bits per heavy atom. The number of carbonyl (C=O) groups excluding carboxylic acids is 2. The standard InChI is InChI=1S/C34H50NO9P/c1-22-17-26(18-23(2)27(22)19-25-15-16-28(36)29(35-25)24-13-11-9-10-12-14-24)44-34(45(39,40)41,20-42-30(37)32(3,4)5)21-43-31(38)33(6,7)8/h15-18,24,36H,9-14,19-21H2,1-8H3,(H2,39,40,41). The maximum Gasteiger partial charge on any atom is 0.376 e. The SMILES string of the molecule is Cc1cc(OC(COC(=O)C(C)(C)C)(COC(=O)C(C)(C)C)P(=O)(O)O)cc(C)c1Cc1ccc(O)c(C2CCCCCC2)n1. The van der Waals surface area contributed by atoms with Gasteiger partial charge in [-0.3, -0.25) is 19.1 Å². The van der Waals surface area contributed by atoms with Crippen molar-refractivity contribution in [3.05, 3.63) is 52.3 Å². The Morgan fingerprint density at radius 1 is 0.867 bits per heavy atom. The minimum atomic E-state index is -5.22. The topological polar surface area (TPSA) is 152 Å². The first-order chi connectivity index (χ1) is 20.7. The number of ether oxygens (including phenoxy) is 3. The Balaban J connectivity index is 1.95. The predicted molar refractivity (Wildman–Crippen MR) is 171 cm³/mol. The molecule has 0 atom stereocenters. The van der Waals surface area contributed by atoms with Crippen molar-refractivity contribution < 1.29 is 43.3 Å². The Kier molecular flexibility index (Phi) is 11.5. The molecule has 45 heavy (non-hydrogen) atoms. The second-order valence-electron chi connectivity index (χ2n) is 14.4. The smallest absolute Gasteiger partial charge is 0.376 e. The monoisotopic (exact) mass is 647 g/mol. The lowest BCUT2D eigenvalue weighted by atomic mass is 9.94. The Morgan fingerprint density at radius 3 is 1.80 bits per heavy atom. The summed E-state index contributed by atoms with van der Waals surface area (Å²) in [6.45, 7) is 11.7. The maximum absolute atomic E-state index is 13.0. The maximum atomic E-state index is 13.0. The molecule has 3 rings (SSSR count). The van der Waals surface area contributed by atoms with Crippen LogP contribution in [-0.2, 0) is 30.0 Å². The number of aromatic hydroxyl groups is 1. The first-order valence-corrected chi connectivity index (χ1v) is 17.2. The molecule has 1 fully saturated rings. The van der Waals surface area contributed by atoms with Crippen LogP contribution >= 0.6 is 7.60 Å². The van der Waals surface area contributed by atoms with Crippen molar-refractivity contribution in [1.29, 1.82) is 0 Å². The number of pyridine rings is 1. The zero-order chi connectivity index (χ0) is 33.8. The van der Waals surface area contributed by atoms with E-state index in [-0.39, 0.29) is 17.4 Å². The summed E-state index contributed by atoms with van der Waals surface area (Å²) in [5.41, 5.74) is 2.17. The second kappa shape index (κ2) is 14.2. The summed E-state index contributed by atoms with van der Waals surface area (Å²) in [4.78, 5) is 51.2. The van der Waals surface area contributed by atoms with Crippen molar-refractivity contribution in [3.8, 4) is 11.5 Å². The molecule has 250 valence electrons. The molecule has 0 radical (unpaired) electrons. The molecule has 0 aliphatic heterocycles. The van der Waals surface area contributed by atoms with E-state index in [4.69, 9.17) is 19.2 Å². The highest BCUT2D eigenvalue weighted by Crippen LogP contribution is 2.52. The van der Waals surface area contributed by atoms with Gasteiger partial charge >= 0.3 is 19.5 Å². The number of hydrogen-bond acceptors (Lipinski definition) is 8. The van der Waals surface area contributed by atoms with Crippen molar-refractivity contribution in [1.82, 2.24) is 4.98 Å². The van der Waals surface area contributed by atoms with Gasteiger partial charge in [-0.25, -0.2) is 0 Å². The van der Waals surface area contributed by atoms with E-state index in [2.05, 4.69) is 0 Å². The molecule has 10 nitrogen and oxygen atoms in total. The molecule has 3 N–H and O–H groups in total. The Hall–Kier alpha value is -2.94. The summed E-state index contributed by atoms with van der Waals surface area (Å²) in [6.07, 6.45) is 7.13. The molecule has 11 heteroatoms. The normalized spacial score (nSPS) is 15.3. The summed E-state index contributed by atoms with van der Waals surface area (Å²) in [5, 5.41) is 8.12. The lowest BCUT2D eigenvalue weighted by Gasteiger charge is -2.35. The molecule has 2 aromatic rings. The third-order valence-electron chi connectivity index (χ3n) is 8.15. The van der Waals surface area contributed by atoms with Gasteiger partial charge in [0.15, 0.2) is 0 Å². The van der Waals surface area contributed by atoms with Gasteiger partial charge in [0, 0.05) is 18.0 Å². The molecule has 0 amide bonds. The number of benzene rings is 1. The van der Waals surface area contributed by atoms with E-state index in [0.29, 0.717) is 6.42 Å². The number of hydrogen-bond donors (Lipinski definition) is 3. The van der Waals surface area contributed by atoms with Crippen LogP contribution in [0.4, 0.5) is 0 Å². The summed E-state index contributed by atoms with van der Waals surface area (Å²) in [7, 11) is -5.22. The number of esters is 2. The van der Waals surface area contributed by atoms with E-state index in [0.717, 1.165) is 53.8 Å². The molecule has 0 spiro atoms. The highest BCUT2D eigenvalue weighted by Gasteiger charge is 2.53. The Bertz CT molecular complexity index is 1360. The first-order valence-electron chi connectivity index (χ1n) is 15.6. The van der Waals surface area contributed by atoms with Crippen LogP contribution in [-0.4, -0.2) is 50.4 Å². The van der Waals surface area contributed by atoms with Crippen LogP contribution in [0.25, 0.3) is 0 Å². The van der Waals surface area contributed by atoms with E-state index >= 15 is 0 Å². The van der Waals surface area contributed by atoms with Crippen LogP contribution in [0.5, 0.6) is 11.5 Å².